The third-order valence-corrected chi connectivity index (χ3v) is 5.07. The summed E-state index contributed by atoms with van der Waals surface area (Å²) >= 11 is 0. The Morgan fingerprint density at radius 2 is 1.90 bits per heavy atom. The van der Waals surface area contributed by atoms with Crippen LogP contribution in [0, 0.1) is 5.82 Å². The van der Waals surface area contributed by atoms with Gasteiger partial charge in [0.1, 0.15) is 18.4 Å². The third-order valence-electron chi connectivity index (χ3n) is 5.07. The molecule has 9 heteroatoms. The lowest BCUT2D eigenvalue weighted by Crippen LogP contribution is -2.32. The second-order valence-electron chi connectivity index (χ2n) is 7.01. The van der Waals surface area contributed by atoms with Gasteiger partial charge in [0.25, 0.3) is 5.91 Å². The normalized spacial score (nSPS) is 16.4. The second kappa shape index (κ2) is 7.11. The largest absolute Gasteiger partial charge is 0.361 e. The number of benzene rings is 2. The van der Waals surface area contributed by atoms with Crippen molar-refractivity contribution in [3.63, 3.8) is 0 Å². The van der Waals surface area contributed by atoms with E-state index in [1.165, 1.54) is 24.3 Å². The standard InChI is InChI=1S/C21H16FN5O3/c22-14-7-5-12(6-8-14)19-25-18(30-26-19)11-27-20(28)17(24-21(27)29)9-13-10-23-16-4-2-1-3-15(13)16/h1-8,10,17,23H,9,11H2,(H,24,29)/t17-/m0/s1. The van der Waals surface area contributed by atoms with Gasteiger partial charge in [-0.25, -0.2) is 9.18 Å². The molecule has 0 bridgehead atoms. The zero-order chi connectivity index (χ0) is 20.7. The average Bonchev–Trinajstić information content (AvgIpc) is 3.44. The number of carbonyl (C=O) groups excluding carboxylic acids is 2. The van der Waals surface area contributed by atoms with Crippen LogP contribution in [0.2, 0.25) is 0 Å². The first-order valence-corrected chi connectivity index (χ1v) is 9.34. The van der Waals surface area contributed by atoms with Crippen molar-refractivity contribution in [2.45, 2.75) is 19.0 Å². The number of nitrogens with one attached hydrogen (secondary N) is 2. The van der Waals surface area contributed by atoms with Gasteiger partial charge in [-0.2, -0.15) is 4.98 Å². The van der Waals surface area contributed by atoms with Gasteiger partial charge < -0.3 is 14.8 Å². The molecule has 0 unspecified atom stereocenters. The summed E-state index contributed by atoms with van der Waals surface area (Å²) in [6, 6.07) is 12.2. The summed E-state index contributed by atoms with van der Waals surface area (Å²) in [7, 11) is 0. The number of aromatic amines is 1. The van der Waals surface area contributed by atoms with Crippen LogP contribution in [0.25, 0.3) is 22.3 Å². The van der Waals surface area contributed by atoms with Crippen molar-refractivity contribution in [1.82, 2.24) is 25.3 Å². The van der Waals surface area contributed by atoms with Crippen LogP contribution in [0.15, 0.2) is 59.3 Å². The molecule has 0 saturated carbocycles. The molecule has 1 aliphatic rings. The molecule has 0 radical (unpaired) electrons. The van der Waals surface area contributed by atoms with Gasteiger partial charge in [-0.3, -0.25) is 9.69 Å². The lowest BCUT2D eigenvalue weighted by molar-refractivity contribution is -0.128. The number of nitrogens with zero attached hydrogens (tertiary/aromatic N) is 3. The van der Waals surface area contributed by atoms with Gasteiger partial charge >= 0.3 is 6.03 Å². The van der Waals surface area contributed by atoms with E-state index < -0.39 is 12.1 Å². The molecule has 3 amide bonds. The number of H-pyrrole nitrogens is 1. The Hall–Kier alpha value is -4.01. The summed E-state index contributed by atoms with van der Waals surface area (Å²) in [6.45, 7) is -0.136. The first-order valence-electron chi connectivity index (χ1n) is 9.34. The minimum Gasteiger partial charge on any atom is -0.361 e. The summed E-state index contributed by atoms with van der Waals surface area (Å²) in [5, 5.41) is 7.57. The Morgan fingerprint density at radius 3 is 2.73 bits per heavy atom. The van der Waals surface area contributed by atoms with Crippen LogP contribution in [0.3, 0.4) is 0 Å². The number of halogens is 1. The van der Waals surface area contributed by atoms with Crippen molar-refractivity contribution >= 4 is 22.8 Å². The molecule has 1 saturated heterocycles. The van der Waals surface area contributed by atoms with E-state index in [1.54, 1.807) is 0 Å². The van der Waals surface area contributed by atoms with E-state index in [1.807, 2.05) is 30.5 Å². The molecule has 2 aromatic heterocycles. The Kier molecular flexibility index (Phi) is 4.27. The maximum absolute atomic E-state index is 13.1. The molecule has 30 heavy (non-hydrogen) atoms. The number of para-hydroxylation sites is 1. The third kappa shape index (κ3) is 3.20. The lowest BCUT2D eigenvalue weighted by Gasteiger charge is -2.10. The topological polar surface area (TPSA) is 104 Å². The van der Waals surface area contributed by atoms with Crippen LogP contribution in [0.4, 0.5) is 9.18 Å². The first-order chi connectivity index (χ1) is 14.6. The van der Waals surface area contributed by atoms with E-state index in [0.717, 1.165) is 21.4 Å². The van der Waals surface area contributed by atoms with Crippen LogP contribution >= 0.6 is 0 Å². The summed E-state index contributed by atoms with van der Waals surface area (Å²) < 4.78 is 18.2. The van der Waals surface area contributed by atoms with Crippen LogP contribution in [0.1, 0.15) is 11.5 Å². The van der Waals surface area contributed by atoms with E-state index in [9.17, 15) is 14.0 Å². The second-order valence-corrected chi connectivity index (χ2v) is 7.01. The summed E-state index contributed by atoms with van der Waals surface area (Å²) in [4.78, 5) is 33.6. The zero-order valence-electron chi connectivity index (χ0n) is 15.6. The summed E-state index contributed by atoms with van der Waals surface area (Å²) in [5.74, 6) is -0.354. The number of carbonyl (C=O) groups is 2. The highest BCUT2D eigenvalue weighted by molar-refractivity contribution is 6.04. The molecular weight excluding hydrogens is 389 g/mol. The number of imide groups is 1. The number of amides is 3. The van der Waals surface area contributed by atoms with Crippen molar-refractivity contribution < 1.29 is 18.5 Å². The molecule has 4 aromatic rings. The van der Waals surface area contributed by atoms with Gasteiger partial charge in [-0.05, 0) is 35.9 Å². The number of hydrogen-bond acceptors (Lipinski definition) is 5. The molecule has 5 rings (SSSR count). The molecule has 0 spiro atoms. The van der Waals surface area contributed by atoms with Gasteiger partial charge in [-0.1, -0.05) is 23.4 Å². The molecule has 2 aromatic carbocycles. The highest BCUT2D eigenvalue weighted by Crippen LogP contribution is 2.22. The molecule has 150 valence electrons. The number of rotatable bonds is 5. The molecule has 3 heterocycles. The number of fused-ring (bicyclic) bond motifs is 1. The van der Waals surface area contributed by atoms with Gasteiger partial charge in [0, 0.05) is 29.1 Å². The predicted octanol–water partition coefficient (Wildman–Crippen LogP) is 3.02. The van der Waals surface area contributed by atoms with E-state index in [2.05, 4.69) is 20.4 Å². The highest BCUT2D eigenvalue weighted by Gasteiger charge is 2.39. The Balaban J connectivity index is 1.31. The molecule has 2 N–H and O–H groups in total. The van der Waals surface area contributed by atoms with E-state index in [-0.39, 0.29) is 30.0 Å². The monoisotopic (exact) mass is 405 g/mol. The van der Waals surface area contributed by atoms with E-state index >= 15 is 0 Å². The lowest BCUT2D eigenvalue weighted by atomic mass is 10.1. The van der Waals surface area contributed by atoms with Gasteiger partial charge in [-0.15, -0.1) is 0 Å². The van der Waals surface area contributed by atoms with Crippen molar-refractivity contribution in [1.29, 1.82) is 0 Å². The Labute approximate surface area is 169 Å². The van der Waals surface area contributed by atoms with Crippen molar-refractivity contribution in [2.75, 3.05) is 0 Å². The predicted molar refractivity (Wildman–Crippen MR) is 105 cm³/mol. The minimum absolute atomic E-state index is 0.116. The molecular formula is C21H16FN5O3. The van der Waals surface area contributed by atoms with E-state index in [4.69, 9.17) is 4.52 Å². The minimum atomic E-state index is -0.670. The molecule has 1 aliphatic heterocycles. The van der Waals surface area contributed by atoms with Gasteiger partial charge in [0.05, 0.1) is 0 Å². The maximum Gasteiger partial charge on any atom is 0.325 e. The smallest absolute Gasteiger partial charge is 0.325 e. The summed E-state index contributed by atoms with van der Waals surface area (Å²) in [5.41, 5.74) is 2.49. The fourth-order valence-electron chi connectivity index (χ4n) is 3.56. The van der Waals surface area contributed by atoms with Crippen LogP contribution < -0.4 is 5.32 Å². The maximum atomic E-state index is 13.1. The molecule has 0 aliphatic carbocycles. The number of urea groups is 1. The Morgan fingerprint density at radius 1 is 1.10 bits per heavy atom. The molecule has 1 fully saturated rings. The van der Waals surface area contributed by atoms with Crippen LogP contribution in [-0.4, -0.2) is 38.0 Å². The molecule has 1 atom stereocenters. The van der Waals surface area contributed by atoms with Crippen molar-refractivity contribution in [3.8, 4) is 11.4 Å². The fraction of sp³-hybridized carbons (Fsp3) is 0.143. The number of aromatic nitrogens is 3. The van der Waals surface area contributed by atoms with Crippen LogP contribution in [-0.2, 0) is 17.8 Å². The molecule has 8 nitrogen and oxygen atoms in total. The summed E-state index contributed by atoms with van der Waals surface area (Å²) in [6.07, 6.45) is 2.22. The van der Waals surface area contributed by atoms with Crippen LogP contribution in [0.5, 0.6) is 0 Å². The highest BCUT2D eigenvalue weighted by atomic mass is 19.1. The quantitative estimate of drug-likeness (QED) is 0.497. The fourth-order valence-corrected chi connectivity index (χ4v) is 3.56. The number of hydrogen-bond donors (Lipinski definition) is 2. The zero-order valence-corrected chi connectivity index (χ0v) is 15.6. The van der Waals surface area contributed by atoms with E-state index in [0.29, 0.717) is 12.0 Å². The average molecular weight is 405 g/mol. The van der Waals surface area contributed by atoms with Gasteiger partial charge in [0.15, 0.2) is 0 Å². The van der Waals surface area contributed by atoms with Crippen molar-refractivity contribution in [2.24, 2.45) is 0 Å². The van der Waals surface area contributed by atoms with Crippen molar-refractivity contribution in [3.05, 3.63) is 72.0 Å². The Bertz CT molecular complexity index is 1250. The first kappa shape index (κ1) is 18.0. The SMILES string of the molecule is O=C1N[C@@H](Cc2c[nH]c3ccccc23)C(=O)N1Cc1nc(-c2ccc(F)cc2)no1. The van der Waals surface area contributed by atoms with Gasteiger partial charge in [0.2, 0.25) is 11.7 Å².